The van der Waals surface area contributed by atoms with Crippen molar-refractivity contribution in [2.24, 2.45) is 11.7 Å². The second-order valence-corrected chi connectivity index (χ2v) is 6.68. The molecule has 1 aromatic heterocycles. The summed E-state index contributed by atoms with van der Waals surface area (Å²) < 4.78 is 46.6. The first-order chi connectivity index (χ1) is 13.7. The minimum atomic E-state index is -4.80. The van der Waals surface area contributed by atoms with Gasteiger partial charge in [0.2, 0.25) is 0 Å². The maximum Gasteiger partial charge on any atom is 0.573 e. The van der Waals surface area contributed by atoms with E-state index in [1.165, 1.54) is 12.1 Å². The van der Waals surface area contributed by atoms with Crippen LogP contribution in [-0.4, -0.2) is 6.36 Å². The fraction of sp³-hybridized carbons (Fsp3) is 0.222. The topological polar surface area (TPSA) is 110 Å². The highest BCUT2D eigenvalue weighted by Crippen LogP contribution is 2.33. The van der Waals surface area contributed by atoms with E-state index in [4.69, 9.17) is 27.7 Å². The number of ether oxygens (including phenoxy) is 1. The SMILES string of the molecule is CC(Nc1ccc(OC(F)(F)F)c(Cl)c1)c1ccc2oc(C(NN)NN)cc2c1. The number of nitrogens with one attached hydrogen (secondary N) is 3. The first-order valence-corrected chi connectivity index (χ1v) is 8.85. The Kier molecular flexibility index (Phi) is 6.20. The smallest absolute Gasteiger partial charge is 0.458 e. The van der Waals surface area contributed by atoms with Crippen LogP contribution in [0, 0.1) is 0 Å². The number of nitrogens with two attached hydrogens (primary N) is 2. The summed E-state index contributed by atoms with van der Waals surface area (Å²) >= 11 is 5.89. The standard InChI is InChI=1S/C18H19ClF3N5O2/c1-9(25-12-3-5-15(13(19)8-12)29-18(20,21)22)10-2-4-14-11(6-10)7-16(28-14)17(26-23)27-24/h2-9,17,25-27H,23-24H2,1H3. The molecule has 7 N–H and O–H groups in total. The Morgan fingerprint density at radius 1 is 1.07 bits per heavy atom. The molecular weight excluding hydrogens is 411 g/mol. The number of anilines is 1. The molecule has 0 amide bonds. The van der Waals surface area contributed by atoms with Crippen molar-refractivity contribution in [3.8, 4) is 5.75 Å². The summed E-state index contributed by atoms with van der Waals surface area (Å²) in [6, 6.07) is 11.2. The lowest BCUT2D eigenvalue weighted by molar-refractivity contribution is -0.274. The van der Waals surface area contributed by atoms with Gasteiger partial charge in [-0.1, -0.05) is 17.7 Å². The van der Waals surface area contributed by atoms with Crippen molar-refractivity contribution in [3.05, 3.63) is 58.8 Å². The molecule has 3 rings (SSSR count). The third-order valence-electron chi connectivity index (χ3n) is 4.22. The molecule has 3 aromatic rings. The van der Waals surface area contributed by atoms with Gasteiger partial charge in [-0.25, -0.2) is 10.9 Å². The van der Waals surface area contributed by atoms with E-state index in [9.17, 15) is 13.2 Å². The summed E-state index contributed by atoms with van der Waals surface area (Å²) in [5, 5.41) is 3.88. The number of benzene rings is 2. The Labute approximate surface area is 169 Å². The van der Waals surface area contributed by atoms with E-state index in [1.54, 1.807) is 6.07 Å². The van der Waals surface area contributed by atoms with Crippen LogP contribution >= 0.6 is 11.6 Å². The fourth-order valence-electron chi connectivity index (χ4n) is 2.84. The number of hydrazine groups is 2. The molecule has 0 aliphatic heterocycles. The van der Waals surface area contributed by atoms with Gasteiger partial charge in [0.25, 0.3) is 0 Å². The summed E-state index contributed by atoms with van der Waals surface area (Å²) in [6.07, 6.45) is -5.34. The van der Waals surface area contributed by atoms with Crippen molar-refractivity contribution in [2.45, 2.75) is 25.5 Å². The number of furan rings is 1. The summed E-state index contributed by atoms with van der Waals surface area (Å²) in [7, 11) is 0. The Hall–Kier alpha value is -2.50. The molecule has 0 radical (unpaired) electrons. The number of hydrogen-bond donors (Lipinski definition) is 5. The molecule has 0 aliphatic carbocycles. The second-order valence-electron chi connectivity index (χ2n) is 6.27. The summed E-state index contributed by atoms with van der Waals surface area (Å²) in [5.74, 6) is 10.9. The van der Waals surface area contributed by atoms with Gasteiger partial charge in [-0.3, -0.25) is 11.7 Å². The zero-order chi connectivity index (χ0) is 21.2. The molecular formula is C18H19ClF3N5O2. The molecule has 156 valence electrons. The van der Waals surface area contributed by atoms with Crippen LogP contribution in [0.3, 0.4) is 0 Å². The van der Waals surface area contributed by atoms with E-state index in [1.807, 2.05) is 25.1 Å². The molecule has 0 bridgehead atoms. The van der Waals surface area contributed by atoms with Gasteiger partial charge in [0.15, 0.2) is 0 Å². The van der Waals surface area contributed by atoms with Crippen LogP contribution < -0.4 is 32.6 Å². The van der Waals surface area contributed by atoms with Crippen LogP contribution in [0.1, 0.15) is 30.5 Å². The molecule has 1 unspecified atom stereocenters. The van der Waals surface area contributed by atoms with E-state index >= 15 is 0 Å². The van der Waals surface area contributed by atoms with Gasteiger partial charge < -0.3 is 14.5 Å². The quantitative estimate of drug-likeness (QED) is 0.218. The predicted molar refractivity (Wildman–Crippen MR) is 104 cm³/mol. The van der Waals surface area contributed by atoms with E-state index in [-0.39, 0.29) is 11.1 Å². The summed E-state index contributed by atoms with van der Waals surface area (Å²) in [4.78, 5) is 0. The maximum atomic E-state index is 12.4. The van der Waals surface area contributed by atoms with Gasteiger partial charge >= 0.3 is 6.36 Å². The lowest BCUT2D eigenvalue weighted by atomic mass is 10.1. The van der Waals surface area contributed by atoms with Crippen molar-refractivity contribution in [3.63, 3.8) is 0 Å². The highest BCUT2D eigenvalue weighted by molar-refractivity contribution is 6.32. The van der Waals surface area contributed by atoms with E-state index < -0.39 is 18.3 Å². The Morgan fingerprint density at radius 2 is 1.79 bits per heavy atom. The molecule has 0 saturated carbocycles. The first-order valence-electron chi connectivity index (χ1n) is 8.47. The minimum absolute atomic E-state index is 0.149. The van der Waals surface area contributed by atoms with Crippen molar-refractivity contribution < 1.29 is 22.3 Å². The van der Waals surface area contributed by atoms with Gasteiger partial charge in [0, 0.05) is 17.1 Å². The normalized spacial score (nSPS) is 13.1. The Bertz CT molecular complexity index is 991. The largest absolute Gasteiger partial charge is 0.573 e. The average Bonchev–Trinajstić information content (AvgIpc) is 3.07. The van der Waals surface area contributed by atoms with Crippen molar-refractivity contribution in [1.82, 2.24) is 10.9 Å². The van der Waals surface area contributed by atoms with Crippen LogP contribution in [0.25, 0.3) is 11.0 Å². The lowest BCUT2D eigenvalue weighted by Gasteiger charge is -2.17. The van der Waals surface area contributed by atoms with Crippen molar-refractivity contribution >= 4 is 28.3 Å². The van der Waals surface area contributed by atoms with Crippen LogP contribution in [0.5, 0.6) is 5.75 Å². The highest BCUT2D eigenvalue weighted by Gasteiger charge is 2.32. The molecule has 29 heavy (non-hydrogen) atoms. The molecule has 11 heteroatoms. The summed E-state index contributed by atoms with van der Waals surface area (Å²) in [6.45, 7) is 1.90. The number of rotatable bonds is 7. The van der Waals surface area contributed by atoms with E-state index in [0.717, 1.165) is 17.0 Å². The number of fused-ring (bicyclic) bond motifs is 1. The lowest BCUT2D eigenvalue weighted by Crippen LogP contribution is -2.41. The van der Waals surface area contributed by atoms with E-state index in [0.29, 0.717) is 17.0 Å². The summed E-state index contributed by atoms with van der Waals surface area (Å²) in [5.41, 5.74) is 7.10. The molecule has 0 aliphatic rings. The maximum absolute atomic E-state index is 12.4. The zero-order valence-electron chi connectivity index (χ0n) is 15.2. The number of halogens is 4. The first kappa shape index (κ1) is 21.2. The molecule has 1 heterocycles. The monoisotopic (exact) mass is 429 g/mol. The molecule has 0 spiro atoms. The Balaban J connectivity index is 1.77. The van der Waals surface area contributed by atoms with Gasteiger partial charge in [-0.05, 0) is 48.9 Å². The minimum Gasteiger partial charge on any atom is -0.458 e. The van der Waals surface area contributed by atoms with Crippen molar-refractivity contribution in [2.75, 3.05) is 5.32 Å². The van der Waals surface area contributed by atoms with Crippen molar-refractivity contribution in [1.29, 1.82) is 0 Å². The third-order valence-corrected chi connectivity index (χ3v) is 4.51. The molecule has 1 atom stereocenters. The van der Waals surface area contributed by atoms with Crippen LogP contribution in [0.2, 0.25) is 5.02 Å². The highest BCUT2D eigenvalue weighted by atomic mass is 35.5. The molecule has 2 aromatic carbocycles. The van der Waals surface area contributed by atoms with Crippen LogP contribution in [0.15, 0.2) is 46.9 Å². The second kappa shape index (κ2) is 8.47. The molecule has 0 fully saturated rings. The molecule has 7 nitrogen and oxygen atoms in total. The third kappa shape index (κ3) is 5.11. The van der Waals surface area contributed by atoms with Crippen LogP contribution in [-0.2, 0) is 0 Å². The molecule has 0 saturated heterocycles. The number of alkyl halides is 3. The number of hydrogen-bond acceptors (Lipinski definition) is 7. The predicted octanol–water partition coefficient (Wildman–Crippen LogP) is 4.08. The fourth-order valence-corrected chi connectivity index (χ4v) is 3.06. The van der Waals surface area contributed by atoms with Crippen LogP contribution in [0.4, 0.5) is 18.9 Å². The van der Waals surface area contributed by atoms with Gasteiger partial charge in [0.05, 0.1) is 5.02 Å². The van der Waals surface area contributed by atoms with Gasteiger partial charge in [0.1, 0.15) is 23.3 Å². The van der Waals surface area contributed by atoms with Gasteiger partial charge in [-0.2, -0.15) is 0 Å². The zero-order valence-corrected chi connectivity index (χ0v) is 15.9. The Morgan fingerprint density at radius 3 is 2.41 bits per heavy atom. The van der Waals surface area contributed by atoms with E-state index in [2.05, 4.69) is 20.9 Å². The average molecular weight is 430 g/mol. The van der Waals surface area contributed by atoms with Gasteiger partial charge in [-0.15, -0.1) is 13.2 Å².